The lowest BCUT2D eigenvalue weighted by Crippen LogP contribution is -1.96. The second kappa shape index (κ2) is 7.19. The third kappa shape index (κ3) is 3.26. The third-order valence-electron chi connectivity index (χ3n) is 3.96. The van der Waals surface area contributed by atoms with E-state index in [0.717, 1.165) is 33.0 Å². The Hall–Kier alpha value is -2.21. The first-order chi connectivity index (χ1) is 12.7. The van der Waals surface area contributed by atoms with Gasteiger partial charge in [0.2, 0.25) is 0 Å². The quantitative estimate of drug-likeness (QED) is 0.432. The zero-order chi connectivity index (χ0) is 18.1. The summed E-state index contributed by atoms with van der Waals surface area (Å²) in [5, 5.41) is 5.20. The van der Waals surface area contributed by atoms with Gasteiger partial charge in [-0.05, 0) is 36.2 Å². The highest BCUT2D eigenvalue weighted by atomic mass is 35.5. The molecule has 0 spiro atoms. The van der Waals surface area contributed by atoms with Crippen molar-refractivity contribution in [1.29, 1.82) is 0 Å². The molecule has 0 aliphatic heterocycles. The van der Waals surface area contributed by atoms with Crippen LogP contribution < -0.4 is 5.32 Å². The van der Waals surface area contributed by atoms with Crippen LogP contribution in [0.15, 0.2) is 48.8 Å². The minimum atomic E-state index is 0.579. The number of benzene rings is 1. The molecule has 0 unspecified atom stereocenters. The van der Waals surface area contributed by atoms with Gasteiger partial charge in [0.1, 0.15) is 10.8 Å². The van der Waals surface area contributed by atoms with Crippen molar-refractivity contribution in [2.45, 2.75) is 13.3 Å². The van der Waals surface area contributed by atoms with Gasteiger partial charge < -0.3 is 5.32 Å². The average molecular weight is 401 g/mol. The van der Waals surface area contributed by atoms with E-state index in [0.29, 0.717) is 15.9 Å². The van der Waals surface area contributed by atoms with Gasteiger partial charge in [0, 0.05) is 18.0 Å². The van der Waals surface area contributed by atoms with Gasteiger partial charge >= 0.3 is 0 Å². The van der Waals surface area contributed by atoms with Crippen LogP contribution in [0.25, 0.3) is 20.8 Å². The van der Waals surface area contributed by atoms with Gasteiger partial charge in [-0.3, -0.25) is 0 Å². The average Bonchev–Trinajstić information content (AvgIpc) is 3.07. The normalized spacial score (nSPS) is 11.0. The van der Waals surface area contributed by atoms with Crippen LogP contribution in [-0.4, -0.2) is 15.0 Å². The number of aromatic nitrogens is 3. The Bertz CT molecular complexity index is 1060. The molecule has 4 aromatic rings. The van der Waals surface area contributed by atoms with Crippen LogP contribution in [0, 0.1) is 0 Å². The summed E-state index contributed by atoms with van der Waals surface area (Å²) in [6, 6.07) is 11.3. The molecule has 0 fully saturated rings. The molecule has 4 nitrogen and oxygen atoms in total. The van der Waals surface area contributed by atoms with Crippen LogP contribution in [0.2, 0.25) is 10.0 Å². The molecule has 0 radical (unpaired) electrons. The van der Waals surface area contributed by atoms with Crippen LogP contribution >= 0.6 is 34.5 Å². The Morgan fingerprint density at radius 1 is 1.04 bits per heavy atom. The molecule has 7 heteroatoms. The Morgan fingerprint density at radius 2 is 1.85 bits per heavy atom. The topological polar surface area (TPSA) is 50.7 Å². The molecule has 0 saturated heterocycles. The first-order valence-corrected chi connectivity index (χ1v) is 9.65. The molecule has 130 valence electrons. The van der Waals surface area contributed by atoms with E-state index < -0.39 is 0 Å². The standard InChI is InChI=1S/C19H14Cl2N4S/c1-2-11-6-7-15(23-10-11)25-18-17-14(8-9-22-18)24-19(26-17)16-12(20)4-3-5-13(16)21/h3-10H,2H2,1H3,(H,22,23,25). The molecule has 1 aromatic carbocycles. The molecular formula is C19H14Cl2N4S. The number of fused-ring (bicyclic) bond motifs is 1. The van der Waals surface area contributed by atoms with Crippen LogP contribution in [0.4, 0.5) is 11.6 Å². The molecule has 3 aromatic heterocycles. The number of hydrogen-bond acceptors (Lipinski definition) is 5. The Balaban J connectivity index is 1.76. The molecule has 0 atom stereocenters. The summed E-state index contributed by atoms with van der Waals surface area (Å²) in [6.07, 6.45) is 4.55. The molecule has 0 aliphatic rings. The fraction of sp³-hybridized carbons (Fsp3) is 0.105. The van der Waals surface area contributed by atoms with Gasteiger partial charge in [0.05, 0.1) is 20.3 Å². The summed E-state index contributed by atoms with van der Waals surface area (Å²) in [4.78, 5) is 13.6. The smallest absolute Gasteiger partial charge is 0.151 e. The number of nitrogens with one attached hydrogen (secondary N) is 1. The minimum absolute atomic E-state index is 0.579. The summed E-state index contributed by atoms with van der Waals surface area (Å²) < 4.78 is 0.930. The van der Waals surface area contributed by atoms with Gasteiger partial charge in [0.15, 0.2) is 5.82 Å². The first-order valence-electron chi connectivity index (χ1n) is 8.07. The summed E-state index contributed by atoms with van der Waals surface area (Å²) in [7, 11) is 0. The molecule has 3 heterocycles. The number of halogens is 2. The second-order valence-corrected chi connectivity index (χ2v) is 7.47. The third-order valence-corrected chi connectivity index (χ3v) is 5.69. The van der Waals surface area contributed by atoms with E-state index >= 15 is 0 Å². The van der Waals surface area contributed by atoms with Crippen molar-refractivity contribution in [1.82, 2.24) is 15.0 Å². The minimum Gasteiger partial charge on any atom is -0.324 e. The van der Waals surface area contributed by atoms with E-state index in [2.05, 4.69) is 33.3 Å². The molecule has 1 N–H and O–H groups in total. The Labute approximate surface area is 164 Å². The van der Waals surface area contributed by atoms with Crippen LogP contribution in [0.5, 0.6) is 0 Å². The Kier molecular flexibility index (Phi) is 4.76. The van der Waals surface area contributed by atoms with Gasteiger partial charge in [0.25, 0.3) is 0 Å². The molecule has 0 bridgehead atoms. The maximum Gasteiger partial charge on any atom is 0.151 e. The van der Waals surface area contributed by atoms with E-state index in [1.54, 1.807) is 6.20 Å². The van der Waals surface area contributed by atoms with Crippen LogP contribution in [-0.2, 0) is 6.42 Å². The summed E-state index contributed by atoms with van der Waals surface area (Å²) >= 11 is 14.2. The number of anilines is 2. The number of nitrogens with zero attached hydrogens (tertiary/aromatic N) is 3. The van der Waals surface area contributed by atoms with E-state index in [9.17, 15) is 0 Å². The van der Waals surface area contributed by atoms with Gasteiger partial charge in [-0.1, -0.05) is 42.3 Å². The maximum atomic E-state index is 6.33. The predicted molar refractivity (Wildman–Crippen MR) is 110 cm³/mol. The second-order valence-electron chi connectivity index (χ2n) is 5.65. The van der Waals surface area contributed by atoms with Crippen molar-refractivity contribution < 1.29 is 0 Å². The lowest BCUT2D eigenvalue weighted by atomic mass is 10.2. The number of aryl methyl sites for hydroxylation is 1. The maximum absolute atomic E-state index is 6.33. The van der Waals surface area contributed by atoms with Crippen molar-refractivity contribution in [3.8, 4) is 10.6 Å². The SMILES string of the molecule is CCc1ccc(Nc2nccc3nc(-c4c(Cl)cccc4Cl)sc23)nc1. The molecule has 0 saturated carbocycles. The summed E-state index contributed by atoms with van der Waals surface area (Å²) in [5.41, 5.74) is 2.77. The van der Waals surface area contributed by atoms with Crippen molar-refractivity contribution in [3.05, 3.63) is 64.4 Å². The zero-order valence-corrected chi connectivity index (χ0v) is 16.2. The molecular weight excluding hydrogens is 387 g/mol. The fourth-order valence-corrected chi connectivity index (χ4v) is 4.35. The monoisotopic (exact) mass is 400 g/mol. The van der Waals surface area contributed by atoms with Gasteiger partial charge in [-0.25, -0.2) is 15.0 Å². The van der Waals surface area contributed by atoms with Crippen molar-refractivity contribution >= 4 is 56.4 Å². The number of hydrogen-bond donors (Lipinski definition) is 1. The molecule has 0 aliphatic carbocycles. The highest BCUT2D eigenvalue weighted by Gasteiger charge is 2.15. The number of rotatable bonds is 4. The van der Waals surface area contributed by atoms with Crippen LogP contribution in [0.3, 0.4) is 0 Å². The summed E-state index contributed by atoms with van der Waals surface area (Å²) in [5.74, 6) is 1.46. The van der Waals surface area contributed by atoms with Gasteiger partial charge in [-0.15, -0.1) is 11.3 Å². The highest BCUT2D eigenvalue weighted by molar-refractivity contribution is 7.22. The van der Waals surface area contributed by atoms with Crippen molar-refractivity contribution in [3.63, 3.8) is 0 Å². The van der Waals surface area contributed by atoms with E-state index in [4.69, 9.17) is 23.2 Å². The first kappa shape index (κ1) is 17.2. The molecule has 0 amide bonds. The van der Waals surface area contributed by atoms with Gasteiger partial charge in [-0.2, -0.15) is 0 Å². The lowest BCUT2D eigenvalue weighted by Gasteiger charge is -2.05. The predicted octanol–water partition coefficient (Wildman–Crippen LogP) is 6.37. The zero-order valence-electron chi connectivity index (χ0n) is 13.8. The highest BCUT2D eigenvalue weighted by Crippen LogP contribution is 2.40. The summed E-state index contributed by atoms with van der Waals surface area (Å²) in [6.45, 7) is 2.10. The van der Waals surface area contributed by atoms with Crippen molar-refractivity contribution in [2.75, 3.05) is 5.32 Å². The lowest BCUT2D eigenvalue weighted by molar-refractivity contribution is 1.10. The fourth-order valence-electron chi connectivity index (χ4n) is 2.58. The Morgan fingerprint density at radius 3 is 2.54 bits per heavy atom. The molecule has 4 rings (SSSR count). The number of thiazole rings is 1. The van der Waals surface area contributed by atoms with E-state index in [1.807, 2.05) is 36.5 Å². The van der Waals surface area contributed by atoms with Crippen LogP contribution in [0.1, 0.15) is 12.5 Å². The van der Waals surface area contributed by atoms with E-state index in [-0.39, 0.29) is 0 Å². The van der Waals surface area contributed by atoms with Crippen molar-refractivity contribution in [2.24, 2.45) is 0 Å². The molecule has 26 heavy (non-hydrogen) atoms. The van der Waals surface area contributed by atoms with E-state index in [1.165, 1.54) is 16.9 Å². The number of pyridine rings is 2. The largest absolute Gasteiger partial charge is 0.324 e.